The van der Waals surface area contributed by atoms with E-state index < -0.39 is 24.3 Å². The minimum Gasteiger partial charge on any atom is -0.444 e. The van der Waals surface area contributed by atoms with Gasteiger partial charge in [0.15, 0.2) is 0 Å². The zero-order chi connectivity index (χ0) is 24.7. The molecule has 4 N–H and O–H groups in total. The number of nitrogens with one attached hydrogen (secondary N) is 2. The number of imidazole rings is 1. The maximum atomic E-state index is 12.7. The lowest BCUT2D eigenvalue weighted by Crippen LogP contribution is -2.41. The van der Waals surface area contributed by atoms with E-state index in [4.69, 9.17) is 33.7 Å². The van der Waals surface area contributed by atoms with Crippen LogP contribution in [0.4, 0.5) is 9.59 Å². The van der Waals surface area contributed by atoms with E-state index in [2.05, 4.69) is 15.4 Å². The van der Waals surface area contributed by atoms with Crippen molar-refractivity contribution in [2.24, 2.45) is 16.8 Å². The number of amides is 3. The van der Waals surface area contributed by atoms with Gasteiger partial charge in [0, 0.05) is 12.6 Å². The fourth-order valence-corrected chi connectivity index (χ4v) is 4.49. The van der Waals surface area contributed by atoms with Crippen LogP contribution in [0.3, 0.4) is 0 Å². The van der Waals surface area contributed by atoms with E-state index in [1.807, 2.05) is 9.99 Å². The average Bonchev–Trinajstić information content (AvgIpc) is 3.38. The van der Waals surface area contributed by atoms with E-state index in [1.54, 1.807) is 18.5 Å². The second kappa shape index (κ2) is 12.0. The van der Waals surface area contributed by atoms with Gasteiger partial charge in [0.1, 0.15) is 11.9 Å². The Morgan fingerprint density at radius 3 is 2.68 bits per heavy atom. The van der Waals surface area contributed by atoms with Crippen LogP contribution < -0.4 is 16.5 Å². The van der Waals surface area contributed by atoms with Crippen molar-refractivity contribution in [2.45, 2.75) is 64.1 Å². The molecule has 184 valence electrons. The number of aromatic nitrogens is 2. The van der Waals surface area contributed by atoms with E-state index >= 15 is 0 Å². The number of nitrogens with zero attached hydrogens (tertiary/aromatic N) is 3. The van der Waals surface area contributed by atoms with Gasteiger partial charge in [0.25, 0.3) is 0 Å². The van der Waals surface area contributed by atoms with Crippen LogP contribution in [0.15, 0.2) is 23.6 Å². The number of benzene rings is 1. The normalized spacial score (nSPS) is 16.0. The number of hydrogen-bond donors (Lipinski definition) is 3. The Bertz CT molecular complexity index is 1070. The lowest BCUT2D eigenvalue weighted by molar-refractivity contribution is -0.117. The number of ketones is 1. The number of Topliss-reactive ketones (excluding diaryl/α,β-unsaturated/α-hetero) is 1. The van der Waals surface area contributed by atoms with Gasteiger partial charge in [0.2, 0.25) is 0 Å². The topological polar surface area (TPSA) is 141 Å². The molecule has 1 aromatic heterocycles. The highest BCUT2D eigenvalue weighted by Crippen LogP contribution is 2.31. The lowest BCUT2D eigenvalue weighted by atomic mass is 10.00. The molecule has 12 heteroatoms. The molecule has 1 aromatic carbocycles. The van der Waals surface area contributed by atoms with Crippen LogP contribution >= 0.6 is 23.2 Å². The number of carbonyl (C=O) groups excluding carboxylic acids is 3. The summed E-state index contributed by atoms with van der Waals surface area (Å²) in [5.74, 6) is 0.290. The molecular weight excluding hydrogens is 483 g/mol. The zero-order valence-electron chi connectivity index (χ0n) is 18.8. The first-order chi connectivity index (χ1) is 16.2. The highest BCUT2D eigenvalue weighted by Gasteiger charge is 2.25. The molecule has 0 aliphatic heterocycles. The minimum atomic E-state index is -0.856. The van der Waals surface area contributed by atoms with Gasteiger partial charge in [0.05, 0.1) is 40.0 Å². The minimum absolute atomic E-state index is 0.0161. The van der Waals surface area contributed by atoms with Gasteiger partial charge in [-0.2, -0.15) is 5.10 Å². The number of rotatable bonds is 10. The molecule has 0 bridgehead atoms. The van der Waals surface area contributed by atoms with Crippen molar-refractivity contribution in [3.05, 3.63) is 28.5 Å². The molecule has 0 spiro atoms. The summed E-state index contributed by atoms with van der Waals surface area (Å²) in [5.41, 5.74) is 8.50. The molecule has 1 fully saturated rings. The Balaban J connectivity index is 1.72. The van der Waals surface area contributed by atoms with Gasteiger partial charge in [-0.25, -0.2) is 20.0 Å². The molecule has 0 radical (unpaired) electrons. The summed E-state index contributed by atoms with van der Waals surface area (Å²) in [7, 11) is 0. The molecule has 2 atom stereocenters. The van der Waals surface area contributed by atoms with E-state index in [9.17, 15) is 14.4 Å². The van der Waals surface area contributed by atoms with E-state index in [0.717, 1.165) is 31.2 Å². The van der Waals surface area contributed by atoms with Crippen molar-refractivity contribution in [1.82, 2.24) is 20.3 Å². The predicted molar refractivity (Wildman–Crippen MR) is 130 cm³/mol. The second-order valence-corrected chi connectivity index (χ2v) is 9.29. The zero-order valence-corrected chi connectivity index (χ0v) is 20.3. The fourth-order valence-electron chi connectivity index (χ4n) is 4.17. The van der Waals surface area contributed by atoms with Crippen LogP contribution in [0.25, 0.3) is 11.0 Å². The second-order valence-electron chi connectivity index (χ2n) is 8.48. The summed E-state index contributed by atoms with van der Waals surface area (Å²) in [6.07, 6.45) is 6.96. The highest BCUT2D eigenvalue weighted by atomic mass is 35.5. The first kappa shape index (κ1) is 25.8. The molecule has 1 heterocycles. The van der Waals surface area contributed by atoms with Crippen LogP contribution in [0, 0.1) is 5.92 Å². The fraction of sp³-hybridized carbons (Fsp3) is 0.500. The third kappa shape index (κ3) is 7.59. The Morgan fingerprint density at radius 2 is 2.00 bits per heavy atom. The molecular formula is C22H28Cl2N6O4. The van der Waals surface area contributed by atoms with Crippen LogP contribution in [-0.4, -0.2) is 45.8 Å². The summed E-state index contributed by atoms with van der Waals surface area (Å²) < 4.78 is 7.67. The largest absolute Gasteiger partial charge is 0.444 e. The Morgan fingerprint density at radius 1 is 1.29 bits per heavy atom. The molecule has 1 saturated carbocycles. The Hall–Kier alpha value is -2.85. The summed E-state index contributed by atoms with van der Waals surface area (Å²) in [6.45, 7) is 1.77. The smallest absolute Gasteiger partial charge is 0.408 e. The number of ether oxygens (including phenoxy) is 1. The molecule has 0 unspecified atom stereocenters. The molecule has 0 saturated heterocycles. The predicted octanol–water partition coefficient (Wildman–Crippen LogP) is 4.02. The lowest BCUT2D eigenvalue weighted by Gasteiger charge is -2.23. The van der Waals surface area contributed by atoms with Gasteiger partial charge in [-0.1, -0.05) is 48.9 Å². The van der Waals surface area contributed by atoms with Gasteiger partial charge < -0.3 is 20.4 Å². The van der Waals surface area contributed by atoms with Crippen molar-refractivity contribution in [3.63, 3.8) is 0 Å². The summed E-state index contributed by atoms with van der Waals surface area (Å²) >= 11 is 12.3. The van der Waals surface area contributed by atoms with Gasteiger partial charge in [-0.05, 0) is 31.4 Å². The van der Waals surface area contributed by atoms with Gasteiger partial charge in [-0.3, -0.25) is 4.79 Å². The molecule has 1 aliphatic carbocycles. The third-order valence-electron chi connectivity index (χ3n) is 5.65. The number of hydrazone groups is 1. The molecule has 3 amide bonds. The maximum Gasteiger partial charge on any atom is 0.408 e. The number of halogens is 2. The number of primary amides is 1. The van der Waals surface area contributed by atoms with Crippen molar-refractivity contribution in [1.29, 1.82) is 0 Å². The third-order valence-corrected chi connectivity index (χ3v) is 6.37. The van der Waals surface area contributed by atoms with Crippen LogP contribution in [0.2, 0.25) is 10.0 Å². The van der Waals surface area contributed by atoms with Gasteiger partial charge in [-0.15, -0.1) is 0 Å². The number of hydrogen-bond acceptors (Lipinski definition) is 6. The van der Waals surface area contributed by atoms with E-state index in [0.29, 0.717) is 34.4 Å². The number of nitrogens with two attached hydrogens (primary N) is 1. The Labute approximate surface area is 207 Å². The SMILES string of the molecule is CC(=O)C[C@@H](/C=N\NC(N)=O)NC(=O)O[C@@H](CC1CCCC1)Cn1cnc2cc(Cl)c(Cl)cc21. The van der Waals surface area contributed by atoms with E-state index in [1.165, 1.54) is 13.1 Å². The maximum absolute atomic E-state index is 12.7. The van der Waals surface area contributed by atoms with Crippen molar-refractivity contribution >= 4 is 58.4 Å². The Kier molecular flexibility index (Phi) is 9.12. The van der Waals surface area contributed by atoms with Crippen LogP contribution in [-0.2, 0) is 16.1 Å². The first-order valence-electron chi connectivity index (χ1n) is 11.1. The molecule has 34 heavy (non-hydrogen) atoms. The van der Waals surface area contributed by atoms with Crippen LogP contribution in [0.1, 0.15) is 45.4 Å². The van der Waals surface area contributed by atoms with Crippen molar-refractivity contribution in [3.8, 4) is 0 Å². The standard InChI is InChI=1S/C22H28Cl2N6O4/c1-13(31)6-15(10-27-29-21(25)32)28-22(33)34-16(7-14-4-2-3-5-14)11-30-12-26-19-8-17(23)18(24)9-20(19)30/h8-10,12,14-16H,2-7,11H2,1H3,(H,28,33)(H3,25,29,32)/b27-10-/t15-,16-/m0/s1. The number of fused-ring (bicyclic) bond motifs is 1. The van der Waals surface area contributed by atoms with Gasteiger partial charge >= 0.3 is 12.1 Å². The summed E-state index contributed by atoms with van der Waals surface area (Å²) in [5, 5.41) is 7.10. The molecule has 1 aliphatic rings. The summed E-state index contributed by atoms with van der Waals surface area (Å²) in [6, 6.07) is 1.82. The van der Waals surface area contributed by atoms with Crippen molar-refractivity contribution < 1.29 is 19.1 Å². The monoisotopic (exact) mass is 510 g/mol. The molecule has 3 rings (SSSR count). The average molecular weight is 511 g/mol. The first-order valence-corrected chi connectivity index (χ1v) is 11.8. The number of urea groups is 1. The number of alkyl carbamates (subject to hydrolysis) is 1. The molecule has 10 nitrogen and oxygen atoms in total. The highest BCUT2D eigenvalue weighted by molar-refractivity contribution is 6.42. The van der Waals surface area contributed by atoms with Crippen LogP contribution in [0.5, 0.6) is 0 Å². The summed E-state index contributed by atoms with van der Waals surface area (Å²) in [4.78, 5) is 39.5. The quantitative estimate of drug-likeness (QED) is 0.326. The number of carbonyl (C=O) groups is 3. The molecule has 2 aromatic rings. The van der Waals surface area contributed by atoms with E-state index in [-0.39, 0.29) is 12.2 Å². The van der Waals surface area contributed by atoms with Crippen molar-refractivity contribution in [2.75, 3.05) is 0 Å².